The molecule has 0 aromatic rings. The molecule has 23 heavy (non-hydrogen) atoms. The van der Waals surface area contributed by atoms with Crippen molar-refractivity contribution in [3.63, 3.8) is 0 Å². The van der Waals surface area contributed by atoms with Gasteiger partial charge in [0.15, 0.2) is 0 Å². The summed E-state index contributed by atoms with van der Waals surface area (Å²) < 4.78 is 14.7. The van der Waals surface area contributed by atoms with E-state index in [2.05, 4.69) is 44.7 Å². The van der Waals surface area contributed by atoms with E-state index in [1.807, 2.05) is 18.2 Å². The van der Waals surface area contributed by atoms with Gasteiger partial charge >= 0.3 is 0 Å². The summed E-state index contributed by atoms with van der Waals surface area (Å²) in [5.74, 6) is -0.0524. The number of allylic oxidation sites excluding steroid dienone is 11. The molecule has 0 nitrogen and oxygen atoms in total. The van der Waals surface area contributed by atoms with Crippen molar-refractivity contribution in [3.05, 3.63) is 71.4 Å². The van der Waals surface area contributed by atoms with E-state index < -0.39 is 5.67 Å². The van der Waals surface area contributed by atoms with Gasteiger partial charge < -0.3 is 0 Å². The quantitative estimate of drug-likeness (QED) is 0.564. The van der Waals surface area contributed by atoms with Crippen LogP contribution in [0.1, 0.15) is 40.5 Å². The topological polar surface area (TPSA) is 0 Å². The zero-order valence-corrected chi connectivity index (χ0v) is 14.7. The highest BCUT2D eigenvalue weighted by Crippen LogP contribution is 2.50. The van der Waals surface area contributed by atoms with Gasteiger partial charge in [-0.25, -0.2) is 4.39 Å². The van der Waals surface area contributed by atoms with Gasteiger partial charge in [0.1, 0.15) is 5.67 Å². The lowest BCUT2D eigenvalue weighted by atomic mass is 9.63. The van der Waals surface area contributed by atoms with Crippen LogP contribution in [0.4, 0.5) is 4.39 Å². The molecule has 0 aromatic heterocycles. The fourth-order valence-electron chi connectivity index (χ4n) is 4.08. The first kappa shape index (κ1) is 16.2. The van der Waals surface area contributed by atoms with Crippen molar-refractivity contribution < 1.29 is 4.39 Å². The number of rotatable bonds is 2. The van der Waals surface area contributed by atoms with Crippen LogP contribution in [0.3, 0.4) is 0 Å². The molecule has 0 saturated carbocycles. The summed E-state index contributed by atoms with van der Waals surface area (Å²) in [6, 6.07) is 0. The van der Waals surface area contributed by atoms with Crippen molar-refractivity contribution in [2.75, 3.05) is 0 Å². The highest BCUT2D eigenvalue weighted by Gasteiger charge is 2.40. The lowest BCUT2D eigenvalue weighted by Crippen LogP contribution is -2.34. The first-order chi connectivity index (χ1) is 10.7. The summed E-state index contributed by atoms with van der Waals surface area (Å²) in [6.45, 7) is 12.1. The molecular weight excluding hydrogens is 283 g/mol. The molecule has 0 bridgehead atoms. The van der Waals surface area contributed by atoms with E-state index in [1.165, 1.54) is 16.7 Å². The Labute approximate surface area is 139 Å². The maximum atomic E-state index is 14.7. The van der Waals surface area contributed by atoms with Crippen LogP contribution >= 0.6 is 0 Å². The maximum Gasteiger partial charge on any atom is 0.112 e. The zero-order chi connectivity index (χ0) is 16.8. The molecule has 0 spiro atoms. The standard InChI is InChI=1S/C22H27F/c1-15-10-11-22(5)14-19(16(2)13-17(22)12-15)18-8-6-7-9-20(18)21(3,4)23/h6-10,12,14,18,20H,2,11,13H2,1,3-5H3. The molecule has 3 aliphatic rings. The first-order valence-electron chi connectivity index (χ1n) is 8.53. The average Bonchev–Trinajstić information content (AvgIpc) is 2.47. The molecule has 0 N–H and O–H groups in total. The number of alkyl halides is 1. The second-order valence-corrected chi connectivity index (χ2v) is 8.01. The largest absolute Gasteiger partial charge is 0.244 e. The second kappa shape index (κ2) is 5.47. The van der Waals surface area contributed by atoms with Crippen LogP contribution in [-0.2, 0) is 0 Å². The third-order valence-electron chi connectivity index (χ3n) is 5.56. The molecule has 0 radical (unpaired) electrons. The molecule has 0 heterocycles. The Kier molecular flexibility index (Phi) is 3.86. The Morgan fingerprint density at radius 2 is 1.96 bits per heavy atom. The summed E-state index contributed by atoms with van der Waals surface area (Å²) in [5.41, 5.74) is 3.96. The summed E-state index contributed by atoms with van der Waals surface area (Å²) in [6.07, 6.45) is 17.1. The van der Waals surface area contributed by atoms with Gasteiger partial charge in [-0.3, -0.25) is 0 Å². The van der Waals surface area contributed by atoms with Gasteiger partial charge in [-0.05, 0) is 44.8 Å². The van der Waals surface area contributed by atoms with Crippen molar-refractivity contribution in [2.45, 2.75) is 46.2 Å². The van der Waals surface area contributed by atoms with Crippen molar-refractivity contribution in [1.29, 1.82) is 0 Å². The minimum Gasteiger partial charge on any atom is -0.244 e. The highest BCUT2D eigenvalue weighted by molar-refractivity contribution is 5.50. The minimum atomic E-state index is -1.24. The second-order valence-electron chi connectivity index (χ2n) is 8.01. The summed E-state index contributed by atoms with van der Waals surface area (Å²) in [4.78, 5) is 0. The monoisotopic (exact) mass is 310 g/mol. The van der Waals surface area contributed by atoms with Crippen molar-refractivity contribution in [3.8, 4) is 0 Å². The van der Waals surface area contributed by atoms with E-state index in [-0.39, 0.29) is 17.3 Å². The first-order valence-corrected chi connectivity index (χ1v) is 8.53. The van der Waals surface area contributed by atoms with Crippen LogP contribution in [0.5, 0.6) is 0 Å². The Morgan fingerprint density at radius 1 is 1.26 bits per heavy atom. The van der Waals surface area contributed by atoms with Crippen LogP contribution in [-0.4, -0.2) is 5.67 Å². The Hall–Kier alpha value is -1.63. The fraction of sp³-hybridized carbons (Fsp3) is 0.455. The maximum absolute atomic E-state index is 14.7. The van der Waals surface area contributed by atoms with Crippen molar-refractivity contribution >= 4 is 0 Å². The van der Waals surface area contributed by atoms with Crippen molar-refractivity contribution in [2.24, 2.45) is 17.3 Å². The van der Waals surface area contributed by atoms with Crippen LogP contribution < -0.4 is 0 Å². The van der Waals surface area contributed by atoms with Gasteiger partial charge in [0.2, 0.25) is 0 Å². The van der Waals surface area contributed by atoms with Crippen LogP contribution in [0, 0.1) is 17.3 Å². The predicted molar refractivity (Wildman–Crippen MR) is 96.9 cm³/mol. The molecule has 1 heteroatoms. The molecule has 0 aliphatic heterocycles. The van der Waals surface area contributed by atoms with E-state index in [0.717, 1.165) is 18.4 Å². The summed E-state index contributed by atoms with van der Waals surface area (Å²) in [5, 5.41) is 0. The van der Waals surface area contributed by atoms with Crippen LogP contribution in [0.25, 0.3) is 0 Å². The molecule has 3 unspecified atom stereocenters. The SMILES string of the molecule is C=C1CC2=CC(C)=CCC2(C)C=C1C1C=CC=CC1C(C)(C)F. The smallest absolute Gasteiger partial charge is 0.112 e. The third-order valence-corrected chi connectivity index (χ3v) is 5.56. The lowest BCUT2D eigenvalue weighted by Gasteiger charge is -2.42. The predicted octanol–water partition coefficient (Wildman–Crippen LogP) is 6.26. The summed E-state index contributed by atoms with van der Waals surface area (Å²) >= 11 is 0. The molecule has 122 valence electrons. The average molecular weight is 310 g/mol. The Balaban J connectivity index is 2.01. The van der Waals surface area contributed by atoms with Gasteiger partial charge in [-0.1, -0.05) is 67.2 Å². The molecule has 0 amide bonds. The molecule has 0 fully saturated rings. The van der Waals surface area contributed by atoms with Gasteiger partial charge in [-0.2, -0.15) is 0 Å². The van der Waals surface area contributed by atoms with Gasteiger partial charge in [0, 0.05) is 17.3 Å². The molecule has 0 saturated heterocycles. The van der Waals surface area contributed by atoms with Crippen molar-refractivity contribution in [1.82, 2.24) is 0 Å². The third kappa shape index (κ3) is 2.94. The Morgan fingerprint density at radius 3 is 2.65 bits per heavy atom. The lowest BCUT2D eigenvalue weighted by molar-refractivity contribution is 0.134. The van der Waals surface area contributed by atoms with E-state index >= 15 is 0 Å². The van der Waals surface area contributed by atoms with E-state index in [0.29, 0.717) is 0 Å². The van der Waals surface area contributed by atoms with Gasteiger partial charge in [0.25, 0.3) is 0 Å². The van der Waals surface area contributed by atoms with E-state index in [1.54, 1.807) is 13.8 Å². The van der Waals surface area contributed by atoms with Crippen LogP contribution in [0.2, 0.25) is 0 Å². The van der Waals surface area contributed by atoms with Gasteiger partial charge in [-0.15, -0.1) is 0 Å². The zero-order valence-electron chi connectivity index (χ0n) is 14.7. The Bertz CT molecular complexity index is 675. The number of fused-ring (bicyclic) bond motifs is 1. The molecule has 0 aromatic carbocycles. The van der Waals surface area contributed by atoms with Gasteiger partial charge in [0.05, 0.1) is 0 Å². The van der Waals surface area contributed by atoms with E-state index in [4.69, 9.17) is 0 Å². The molecule has 3 rings (SSSR count). The van der Waals surface area contributed by atoms with E-state index in [9.17, 15) is 4.39 Å². The molecular formula is C22H27F. The molecule has 3 atom stereocenters. The molecule has 3 aliphatic carbocycles. The fourth-order valence-corrected chi connectivity index (χ4v) is 4.08. The van der Waals surface area contributed by atoms with Crippen LogP contribution in [0.15, 0.2) is 71.4 Å². The highest BCUT2D eigenvalue weighted by atomic mass is 19.1. The summed E-state index contributed by atoms with van der Waals surface area (Å²) in [7, 11) is 0. The number of hydrogen-bond donors (Lipinski definition) is 0. The number of hydrogen-bond acceptors (Lipinski definition) is 0. The minimum absolute atomic E-state index is 0.0516. The normalized spacial score (nSPS) is 33.8. The number of halogens is 1.